The Balaban J connectivity index is 2.04. The summed E-state index contributed by atoms with van der Waals surface area (Å²) in [7, 11) is 3.14. The molecule has 154 valence electrons. The maximum Gasteiger partial charge on any atom is 0.330 e. The first-order chi connectivity index (χ1) is 13.6. The predicted octanol–water partition coefficient (Wildman–Crippen LogP) is 2.83. The largest absolute Gasteiger partial charge is 0.460 e. The van der Waals surface area contributed by atoms with Gasteiger partial charge in [0.1, 0.15) is 5.60 Å². The molecule has 0 amide bonds. The van der Waals surface area contributed by atoms with Gasteiger partial charge in [0.15, 0.2) is 0 Å². The van der Waals surface area contributed by atoms with E-state index in [4.69, 9.17) is 4.74 Å². The topological polar surface area (TPSA) is 75.2 Å². The van der Waals surface area contributed by atoms with Crippen LogP contribution in [-0.2, 0) is 30.2 Å². The van der Waals surface area contributed by atoms with Gasteiger partial charge in [-0.15, -0.1) is 0 Å². The molecule has 2 heterocycles. The Morgan fingerprint density at radius 3 is 2.31 bits per heavy atom. The van der Waals surface area contributed by atoms with Gasteiger partial charge in [-0.3, -0.25) is 18.7 Å². The fourth-order valence-corrected chi connectivity index (χ4v) is 3.46. The van der Waals surface area contributed by atoms with Crippen LogP contribution >= 0.6 is 0 Å². The van der Waals surface area contributed by atoms with Gasteiger partial charge in [-0.1, -0.05) is 30.3 Å². The molecule has 0 bridgehead atoms. The molecule has 0 radical (unpaired) electrons. The summed E-state index contributed by atoms with van der Waals surface area (Å²) < 4.78 is 9.93. The molecule has 0 saturated carbocycles. The van der Waals surface area contributed by atoms with Crippen LogP contribution in [-0.4, -0.2) is 25.3 Å². The van der Waals surface area contributed by atoms with Crippen molar-refractivity contribution in [3.63, 3.8) is 0 Å². The summed E-state index contributed by atoms with van der Waals surface area (Å²) >= 11 is 0. The van der Waals surface area contributed by atoms with Crippen molar-refractivity contribution in [1.82, 2.24) is 13.7 Å². The third-order valence-corrected chi connectivity index (χ3v) is 4.76. The minimum Gasteiger partial charge on any atom is -0.460 e. The molecule has 0 aliphatic rings. The van der Waals surface area contributed by atoms with Crippen molar-refractivity contribution in [1.29, 1.82) is 0 Å². The highest BCUT2D eigenvalue weighted by Gasteiger charge is 2.20. The summed E-state index contributed by atoms with van der Waals surface area (Å²) in [5, 5.41) is 0.498. The Kier molecular flexibility index (Phi) is 5.50. The number of esters is 1. The maximum absolute atomic E-state index is 12.9. The second-order valence-electron chi connectivity index (χ2n) is 8.19. The van der Waals surface area contributed by atoms with E-state index in [1.165, 1.54) is 11.6 Å². The summed E-state index contributed by atoms with van der Waals surface area (Å²) in [6, 6.07) is 9.60. The molecule has 2 aromatic heterocycles. The zero-order chi connectivity index (χ0) is 21.3. The Morgan fingerprint density at radius 1 is 1.03 bits per heavy atom. The second kappa shape index (κ2) is 7.73. The van der Waals surface area contributed by atoms with Gasteiger partial charge in [-0.2, -0.15) is 0 Å². The van der Waals surface area contributed by atoms with E-state index in [0.717, 1.165) is 15.8 Å². The molecule has 0 aliphatic heterocycles. The molecule has 0 aliphatic carbocycles. The van der Waals surface area contributed by atoms with Gasteiger partial charge in [-0.25, -0.2) is 4.79 Å². The van der Waals surface area contributed by atoms with E-state index in [1.807, 2.05) is 61.9 Å². The predicted molar refractivity (Wildman–Crippen MR) is 113 cm³/mol. The number of carbonyl (C=O) groups is 1. The van der Waals surface area contributed by atoms with E-state index in [9.17, 15) is 14.4 Å². The lowest BCUT2D eigenvalue weighted by Gasteiger charge is -2.19. The molecular weight excluding hydrogens is 370 g/mol. The van der Waals surface area contributed by atoms with Gasteiger partial charge in [0.25, 0.3) is 5.56 Å². The van der Waals surface area contributed by atoms with Gasteiger partial charge in [-0.05, 0) is 32.8 Å². The number of carbonyl (C=O) groups excluding carboxylic acids is 1. The zero-order valence-electron chi connectivity index (χ0n) is 17.6. The highest BCUT2D eigenvalue weighted by atomic mass is 16.6. The van der Waals surface area contributed by atoms with Crippen molar-refractivity contribution in [2.45, 2.75) is 45.8 Å². The molecule has 0 saturated heterocycles. The van der Waals surface area contributed by atoms with Crippen LogP contribution in [0, 0.1) is 0 Å². The van der Waals surface area contributed by atoms with E-state index in [2.05, 4.69) is 0 Å². The minimum atomic E-state index is -0.515. The molecule has 0 unspecified atom stereocenters. The maximum atomic E-state index is 12.9. The van der Waals surface area contributed by atoms with Crippen LogP contribution in [0.5, 0.6) is 0 Å². The standard InChI is InChI=1S/C22H27N3O4/c1-22(2,3)29-17(26)12-9-13-25-14-16-18(19(25)15-10-7-6-8-11-15)20(27)24(5)21(28)23(16)4/h6-8,10-11,14H,9,12-13H2,1-5H3. The zero-order valence-corrected chi connectivity index (χ0v) is 17.6. The Bertz CT molecular complexity index is 1160. The summed E-state index contributed by atoms with van der Waals surface area (Å²) in [6.07, 6.45) is 2.65. The Labute approximate surface area is 169 Å². The van der Waals surface area contributed by atoms with E-state index in [0.29, 0.717) is 23.9 Å². The lowest BCUT2D eigenvalue weighted by Crippen LogP contribution is -2.36. The van der Waals surface area contributed by atoms with Crippen molar-refractivity contribution >= 4 is 16.9 Å². The van der Waals surface area contributed by atoms with Gasteiger partial charge in [0, 0.05) is 33.3 Å². The lowest BCUT2D eigenvalue weighted by atomic mass is 10.1. The first-order valence-corrected chi connectivity index (χ1v) is 9.66. The summed E-state index contributed by atoms with van der Waals surface area (Å²) in [6.45, 7) is 6.05. The average molecular weight is 397 g/mol. The van der Waals surface area contributed by atoms with Gasteiger partial charge >= 0.3 is 11.7 Å². The van der Waals surface area contributed by atoms with Crippen molar-refractivity contribution < 1.29 is 9.53 Å². The number of aryl methyl sites for hydroxylation is 2. The van der Waals surface area contributed by atoms with Crippen molar-refractivity contribution in [2.75, 3.05) is 0 Å². The van der Waals surface area contributed by atoms with E-state index in [1.54, 1.807) is 7.05 Å². The van der Waals surface area contributed by atoms with Gasteiger partial charge in [0.05, 0.1) is 16.6 Å². The molecule has 0 fully saturated rings. The van der Waals surface area contributed by atoms with E-state index < -0.39 is 5.60 Å². The molecule has 7 nitrogen and oxygen atoms in total. The van der Waals surface area contributed by atoms with Crippen LogP contribution < -0.4 is 11.2 Å². The van der Waals surface area contributed by atoms with Crippen LogP contribution in [0.25, 0.3) is 22.2 Å². The Hall–Kier alpha value is -3.09. The second-order valence-corrected chi connectivity index (χ2v) is 8.19. The summed E-state index contributed by atoms with van der Waals surface area (Å²) in [5.41, 5.74) is 1.01. The molecule has 7 heteroatoms. The number of hydrogen-bond acceptors (Lipinski definition) is 4. The van der Waals surface area contributed by atoms with Crippen LogP contribution in [0.15, 0.2) is 46.1 Å². The fraction of sp³-hybridized carbons (Fsp3) is 0.409. The highest BCUT2D eigenvalue weighted by molar-refractivity contribution is 5.93. The third-order valence-electron chi connectivity index (χ3n) is 4.76. The number of benzene rings is 1. The van der Waals surface area contributed by atoms with E-state index in [-0.39, 0.29) is 23.6 Å². The van der Waals surface area contributed by atoms with Crippen LogP contribution in [0.1, 0.15) is 33.6 Å². The molecule has 3 rings (SSSR count). The normalized spacial score (nSPS) is 11.8. The first-order valence-electron chi connectivity index (χ1n) is 9.66. The quantitative estimate of drug-likeness (QED) is 0.621. The van der Waals surface area contributed by atoms with Crippen molar-refractivity contribution in [2.24, 2.45) is 14.1 Å². The van der Waals surface area contributed by atoms with E-state index >= 15 is 0 Å². The number of aromatic nitrogens is 3. The van der Waals surface area contributed by atoms with Crippen molar-refractivity contribution in [3.8, 4) is 11.3 Å². The summed E-state index contributed by atoms with van der Waals surface area (Å²) in [5.74, 6) is -0.251. The van der Waals surface area contributed by atoms with Crippen molar-refractivity contribution in [3.05, 3.63) is 57.4 Å². The number of fused-ring (bicyclic) bond motifs is 1. The number of nitrogens with zero attached hydrogens (tertiary/aromatic N) is 3. The SMILES string of the molecule is Cn1c(=O)c2c(-c3ccccc3)n(CCCC(=O)OC(C)(C)C)cc2n(C)c1=O. The Morgan fingerprint density at radius 2 is 1.69 bits per heavy atom. The average Bonchev–Trinajstić information content (AvgIpc) is 3.03. The molecule has 0 N–H and O–H groups in total. The highest BCUT2D eigenvalue weighted by Crippen LogP contribution is 2.28. The molecular formula is C22H27N3O4. The lowest BCUT2D eigenvalue weighted by molar-refractivity contribution is -0.154. The molecule has 0 spiro atoms. The first kappa shape index (κ1) is 20.6. The monoisotopic (exact) mass is 397 g/mol. The van der Waals surface area contributed by atoms with Crippen LogP contribution in [0.3, 0.4) is 0 Å². The third kappa shape index (κ3) is 4.18. The molecule has 3 aromatic rings. The molecule has 1 aromatic carbocycles. The fourth-order valence-electron chi connectivity index (χ4n) is 3.46. The van der Waals surface area contributed by atoms with Gasteiger partial charge < -0.3 is 9.30 Å². The smallest absolute Gasteiger partial charge is 0.330 e. The number of rotatable bonds is 5. The van der Waals surface area contributed by atoms with Gasteiger partial charge in [0.2, 0.25) is 0 Å². The molecule has 29 heavy (non-hydrogen) atoms. The number of hydrogen-bond donors (Lipinski definition) is 0. The number of ether oxygens (including phenoxy) is 1. The minimum absolute atomic E-state index is 0.251. The summed E-state index contributed by atoms with van der Waals surface area (Å²) in [4.78, 5) is 37.3. The van der Waals surface area contributed by atoms with Crippen LogP contribution in [0.2, 0.25) is 0 Å². The molecule has 0 atom stereocenters. The van der Waals surface area contributed by atoms with Crippen LogP contribution in [0.4, 0.5) is 0 Å².